The third kappa shape index (κ3) is 5.37. The monoisotopic (exact) mass is 369 g/mol. The first kappa shape index (κ1) is 18.6. The summed E-state index contributed by atoms with van der Waals surface area (Å²) >= 11 is 0. The Labute approximate surface area is 157 Å². The summed E-state index contributed by atoms with van der Waals surface area (Å²) in [5, 5.41) is 9.49. The first-order chi connectivity index (χ1) is 13.1. The van der Waals surface area contributed by atoms with Crippen molar-refractivity contribution < 1.29 is 14.3 Å². The maximum atomic E-state index is 11.0. The summed E-state index contributed by atoms with van der Waals surface area (Å²) < 4.78 is 10.7. The number of benzene rings is 1. The molecule has 3 rings (SSSR count). The van der Waals surface area contributed by atoms with Gasteiger partial charge in [-0.25, -0.2) is 9.78 Å². The second kappa shape index (κ2) is 8.93. The lowest BCUT2D eigenvalue weighted by atomic mass is 10.1. The highest BCUT2D eigenvalue weighted by Crippen LogP contribution is 2.17. The number of aromatic amines is 1. The molecule has 0 amide bonds. The van der Waals surface area contributed by atoms with Crippen molar-refractivity contribution in [3.8, 4) is 11.6 Å². The van der Waals surface area contributed by atoms with Crippen molar-refractivity contribution in [3.05, 3.63) is 70.5 Å². The first-order valence-corrected chi connectivity index (χ1v) is 8.86. The van der Waals surface area contributed by atoms with Crippen molar-refractivity contribution in [2.24, 2.45) is 0 Å². The number of oxazole rings is 1. The van der Waals surface area contributed by atoms with Crippen LogP contribution in [-0.4, -0.2) is 35.3 Å². The summed E-state index contributed by atoms with van der Waals surface area (Å²) in [6.45, 7) is 1.31. The zero-order chi connectivity index (χ0) is 19.1. The van der Waals surface area contributed by atoms with Gasteiger partial charge in [-0.3, -0.25) is 4.98 Å². The molecule has 0 fully saturated rings. The van der Waals surface area contributed by atoms with E-state index in [2.05, 4.69) is 9.97 Å². The highest BCUT2D eigenvalue weighted by Gasteiger charge is 2.08. The summed E-state index contributed by atoms with van der Waals surface area (Å²) in [5.74, 6) is 1.23. The van der Waals surface area contributed by atoms with Crippen molar-refractivity contribution in [3.63, 3.8) is 0 Å². The van der Waals surface area contributed by atoms with E-state index in [9.17, 15) is 9.90 Å². The van der Waals surface area contributed by atoms with Gasteiger partial charge in [0.25, 0.3) is 0 Å². The number of hydrogen-bond acceptors (Lipinski definition) is 6. The average Bonchev–Trinajstić information content (AvgIpc) is 3.01. The summed E-state index contributed by atoms with van der Waals surface area (Å²) in [5.41, 5.74) is 1.16. The van der Waals surface area contributed by atoms with Gasteiger partial charge in [0.1, 0.15) is 18.2 Å². The smallest absolute Gasteiger partial charge is 0.419 e. The summed E-state index contributed by atoms with van der Waals surface area (Å²) in [4.78, 5) is 19.5. The van der Waals surface area contributed by atoms with Crippen LogP contribution in [0.15, 0.2) is 57.9 Å². The maximum Gasteiger partial charge on any atom is 0.419 e. The van der Waals surface area contributed by atoms with Gasteiger partial charge in [-0.2, -0.15) is 0 Å². The van der Waals surface area contributed by atoms with E-state index in [1.54, 1.807) is 6.20 Å². The van der Waals surface area contributed by atoms with Crippen LogP contribution in [0.4, 0.5) is 5.82 Å². The molecule has 2 N–H and O–H groups in total. The van der Waals surface area contributed by atoms with Crippen molar-refractivity contribution in [2.45, 2.75) is 19.3 Å². The summed E-state index contributed by atoms with van der Waals surface area (Å²) in [6, 6.07) is 13.8. The van der Waals surface area contributed by atoms with Gasteiger partial charge in [0.05, 0.1) is 6.54 Å². The normalized spacial score (nSPS) is 10.7. The minimum Gasteiger partial charge on any atom is -0.492 e. The van der Waals surface area contributed by atoms with E-state index in [0.717, 1.165) is 36.5 Å². The van der Waals surface area contributed by atoms with Gasteiger partial charge in [-0.15, -0.1) is 0 Å². The van der Waals surface area contributed by atoms with Crippen LogP contribution in [0.25, 0.3) is 0 Å². The molecule has 7 heteroatoms. The van der Waals surface area contributed by atoms with E-state index < -0.39 is 5.76 Å². The largest absolute Gasteiger partial charge is 0.492 e. The number of nitrogens with one attached hydrogen (secondary N) is 1. The van der Waals surface area contributed by atoms with E-state index in [4.69, 9.17) is 9.15 Å². The van der Waals surface area contributed by atoms with E-state index in [-0.39, 0.29) is 5.88 Å². The second-order valence-corrected chi connectivity index (χ2v) is 6.24. The number of aromatic nitrogens is 2. The number of pyridine rings is 1. The Hall–Kier alpha value is -3.22. The maximum absolute atomic E-state index is 11.0. The number of nitrogens with zero attached hydrogens (tertiary/aromatic N) is 2. The molecule has 0 saturated heterocycles. The Balaban J connectivity index is 1.40. The number of ether oxygens (including phenoxy) is 1. The topological polar surface area (TPSA) is 91.6 Å². The molecule has 2 aromatic heterocycles. The highest BCUT2D eigenvalue weighted by atomic mass is 16.5. The van der Waals surface area contributed by atoms with Crippen molar-refractivity contribution in [1.29, 1.82) is 0 Å². The molecule has 0 atom stereocenters. The number of anilines is 1. The molecule has 27 heavy (non-hydrogen) atoms. The molecule has 2 heterocycles. The van der Waals surface area contributed by atoms with E-state index >= 15 is 0 Å². The van der Waals surface area contributed by atoms with Gasteiger partial charge < -0.3 is 19.2 Å². The summed E-state index contributed by atoms with van der Waals surface area (Å²) in [7, 11) is 1.99. The van der Waals surface area contributed by atoms with Crippen LogP contribution in [-0.2, 0) is 12.8 Å². The number of likely N-dealkylation sites (N-methyl/N-ethyl adjacent to an activating group) is 1. The quantitative estimate of drug-likeness (QED) is 0.603. The number of aryl methyl sites for hydroxylation is 2. The van der Waals surface area contributed by atoms with Crippen molar-refractivity contribution in [2.75, 3.05) is 25.1 Å². The number of rotatable bonds is 9. The number of H-pyrrole nitrogens is 1. The van der Waals surface area contributed by atoms with Gasteiger partial charge in [0.15, 0.2) is 5.76 Å². The Morgan fingerprint density at radius 2 is 2.00 bits per heavy atom. The van der Waals surface area contributed by atoms with Gasteiger partial charge in [-0.1, -0.05) is 18.2 Å². The molecule has 142 valence electrons. The Bertz CT molecular complexity index is 888. The molecule has 0 radical (unpaired) electrons. The van der Waals surface area contributed by atoms with Crippen LogP contribution in [0.1, 0.15) is 17.7 Å². The minimum atomic E-state index is -0.627. The molecular formula is C20H23N3O4. The van der Waals surface area contributed by atoms with Crippen molar-refractivity contribution >= 4 is 5.82 Å². The molecule has 0 aliphatic rings. The molecule has 0 spiro atoms. The minimum absolute atomic E-state index is 0.181. The number of hydrogen-bond donors (Lipinski definition) is 2. The first-order valence-electron chi connectivity index (χ1n) is 8.86. The predicted molar refractivity (Wildman–Crippen MR) is 102 cm³/mol. The molecule has 0 aliphatic carbocycles. The lowest BCUT2D eigenvalue weighted by Crippen LogP contribution is -2.24. The molecule has 3 aromatic rings. The van der Waals surface area contributed by atoms with Gasteiger partial charge in [0.2, 0.25) is 5.88 Å². The Morgan fingerprint density at radius 1 is 1.19 bits per heavy atom. The fraction of sp³-hybridized carbons (Fsp3) is 0.300. The SMILES string of the molecule is CN(CCOc1ccc(CCCc2oc(=O)[nH]c2O)cc1)c1ccccn1. The lowest BCUT2D eigenvalue weighted by Gasteiger charge is -2.18. The molecule has 0 aliphatic heterocycles. The third-order valence-electron chi connectivity index (χ3n) is 4.23. The molecular weight excluding hydrogens is 346 g/mol. The fourth-order valence-corrected chi connectivity index (χ4v) is 2.72. The van der Waals surface area contributed by atoms with Crippen LogP contribution < -0.4 is 15.4 Å². The van der Waals surface area contributed by atoms with Crippen LogP contribution in [0, 0.1) is 0 Å². The van der Waals surface area contributed by atoms with Gasteiger partial charge >= 0.3 is 5.76 Å². The second-order valence-electron chi connectivity index (χ2n) is 6.24. The Morgan fingerprint density at radius 3 is 2.67 bits per heavy atom. The summed E-state index contributed by atoms with van der Waals surface area (Å²) in [6.07, 6.45) is 3.86. The Kier molecular flexibility index (Phi) is 6.14. The van der Waals surface area contributed by atoms with Crippen LogP contribution in [0.5, 0.6) is 11.6 Å². The number of aromatic hydroxyl groups is 1. The fourth-order valence-electron chi connectivity index (χ4n) is 2.72. The molecule has 0 saturated carbocycles. The van der Waals surface area contributed by atoms with Gasteiger partial charge in [-0.05, 0) is 42.7 Å². The van der Waals surface area contributed by atoms with E-state index in [1.165, 1.54) is 0 Å². The van der Waals surface area contributed by atoms with Crippen molar-refractivity contribution in [1.82, 2.24) is 9.97 Å². The molecule has 0 bridgehead atoms. The average molecular weight is 369 g/mol. The standard InChI is InChI=1S/C20H23N3O4/c1-23(18-7-2-3-12-21-18)13-14-26-16-10-8-15(9-11-16)5-4-6-17-19(24)22-20(25)27-17/h2-3,7-12,24H,4-6,13-14H2,1H3,(H,22,25). The van der Waals surface area contributed by atoms with E-state index in [0.29, 0.717) is 18.8 Å². The van der Waals surface area contributed by atoms with Gasteiger partial charge in [0, 0.05) is 19.7 Å². The lowest BCUT2D eigenvalue weighted by molar-refractivity contribution is 0.325. The highest BCUT2D eigenvalue weighted by molar-refractivity contribution is 5.36. The van der Waals surface area contributed by atoms with E-state index in [1.807, 2.05) is 54.4 Å². The zero-order valence-corrected chi connectivity index (χ0v) is 15.2. The third-order valence-corrected chi connectivity index (χ3v) is 4.23. The zero-order valence-electron chi connectivity index (χ0n) is 15.2. The van der Waals surface area contributed by atoms with Crippen LogP contribution in [0.3, 0.4) is 0 Å². The van der Waals surface area contributed by atoms with Crippen LogP contribution >= 0.6 is 0 Å². The predicted octanol–water partition coefficient (Wildman–Crippen LogP) is 2.76. The molecule has 7 nitrogen and oxygen atoms in total. The molecule has 1 aromatic carbocycles. The molecule has 0 unspecified atom stereocenters. The van der Waals surface area contributed by atoms with Crippen LogP contribution in [0.2, 0.25) is 0 Å².